The second-order valence-corrected chi connectivity index (χ2v) is 3.98. The van der Waals surface area contributed by atoms with Gasteiger partial charge in [0.1, 0.15) is 6.54 Å². The maximum Gasteiger partial charge on any atom is 0.323 e. The lowest BCUT2D eigenvalue weighted by atomic mass is 10.3. The minimum atomic E-state index is -1.02. The number of hydrogen-bond donors (Lipinski definition) is 2. The van der Waals surface area contributed by atoms with Crippen molar-refractivity contribution < 1.29 is 14.7 Å². The quantitative estimate of drug-likeness (QED) is 0.793. The van der Waals surface area contributed by atoms with E-state index in [1.54, 1.807) is 18.7 Å². The molecule has 0 bridgehead atoms. The number of nitrogens with zero attached hydrogens (tertiary/aromatic N) is 3. The molecular weight excluding hydrogens is 236 g/mol. The predicted molar refractivity (Wildman–Crippen MR) is 65.1 cm³/mol. The molecule has 18 heavy (non-hydrogen) atoms. The van der Waals surface area contributed by atoms with E-state index in [2.05, 4.69) is 10.4 Å². The summed E-state index contributed by atoms with van der Waals surface area (Å²) in [5.41, 5.74) is 1.76. The van der Waals surface area contributed by atoms with Gasteiger partial charge in [0.15, 0.2) is 0 Å². The SMILES string of the molecule is CCN(CC(=O)O)C(=O)NCc1cn(C)nc1C. The molecule has 0 unspecified atom stereocenters. The van der Waals surface area contributed by atoms with Crippen LogP contribution in [0.5, 0.6) is 0 Å². The third-order valence-electron chi connectivity index (χ3n) is 2.54. The van der Waals surface area contributed by atoms with Crippen LogP contribution in [0, 0.1) is 6.92 Å². The van der Waals surface area contributed by atoms with Gasteiger partial charge in [0, 0.05) is 31.9 Å². The average Bonchev–Trinajstić information content (AvgIpc) is 2.61. The molecule has 7 nitrogen and oxygen atoms in total. The van der Waals surface area contributed by atoms with Crippen LogP contribution < -0.4 is 5.32 Å². The van der Waals surface area contributed by atoms with Crippen LogP contribution in [0.15, 0.2) is 6.20 Å². The van der Waals surface area contributed by atoms with Crippen molar-refractivity contribution in [2.24, 2.45) is 7.05 Å². The summed E-state index contributed by atoms with van der Waals surface area (Å²) in [6.07, 6.45) is 1.82. The van der Waals surface area contributed by atoms with Crippen molar-refractivity contribution in [3.8, 4) is 0 Å². The van der Waals surface area contributed by atoms with E-state index >= 15 is 0 Å². The van der Waals surface area contributed by atoms with Gasteiger partial charge in [-0.3, -0.25) is 9.48 Å². The summed E-state index contributed by atoms with van der Waals surface area (Å²) >= 11 is 0. The van der Waals surface area contributed by atoms with Crippen molar-refractivity contribution in [1.82, 2.24) is 20.0 Å². The topological polar surface area (TPSA) is 87.5 Å². The molecule has 100 valence electrons. The fourth-order valence-electron chi connectivity index (χ4n) is 1.60. The van der Waals surface area contributed by atoms with E-state index in [9.17, 15) is 9.59 Å². The van der Waals surface area contributed by atoms with Gasteiger partial charge in [0.2, 0.25) is 0 Å². The van der Waals surface area contributed by atoms with Gasteiger partial charge in [-0.1, -0.05) is 0 Å². The highest BCUT2D eigenvalue weighted by atomic mass is 16.4. The Kier molecular flexibility index (Phi) is 4.70. The Labute approximate surface area is 105 Å². The molecule has 0 radical (unpaired) electrons. The van der Waals surface area contributed by atoms with Crippen molar-refractivity contribution in [3.05, 3.63) is 17.5 Å². The van der Waals surface area contributed by atoms with Gasteiger partial charge in [-0.15, -0.1) is 0 Å². The van der Waals surface area contributed by atoms with Crippen LogP contribution in [0.2, 0.25) is 0 Å². The van der Waals surface area contributed by atoms with Crippen molar-refractivity contribution in [2.75, 3.05) is 13.1 Å². The molecule has 0 saturated carbocycles. The van der Waals surface area contributed by atoms with E-state index in [-0.39, 0.29) is 12.6 Å². The number of urea groups is 1. The zero-order valence-electron chi connectivity index (χ0n) is 10.8. The minimum Gasteiger partial charge on any atom is -0.480 e. The third kappa shape index (κ3) is 3.76. The van der Waals surface area contributed by atoms with Crippen molar-refractivity contribution in [3.63, 3.8) is 0 Å². The first-order chi connectivity index (χ1) is 8.43. The number of carbonyl (C=O) groups excluding carboxylic acids is 1. The molecule has 1 aromatic heterocycles. The van der Waals surface area contributed by atoms with Crippen molar-refractivity contribution in [2.45, 2.75) is 20.4 Å². The second kappa shape index (κ2) is 6.04. The van der Waals surface area contributed by atoms with Gasteiger partial charge < -0.3 is 15.3 Å². The summed E-state index contributed by atoms with van der Waals surface area (Å²) in [7, 11) is 1.81. The molecule has 0 aliphatic heterocycles. The van der Waals surface area contributed by atoms with E-state index in [1.807, 2.05) is 13.1 Å². The Morgan fingerprint density at radius 3 is 2.67 bits per heavy atom. The van der Waals surface area contributed by atoms with E-state index in [4.69, 9.17) is 5.11 Å². The highest BCUT2D eigenvalue weighted by Crippen LogP contribution is 2.04. The van der Waals surface area contributed by atoms with Crippen LogP contribution in [0.25, 0.3) is 0 Å². The predicted octanol–water partition coefficient (Wildman–Crippen LogP) is 0.345. The molecule has 0 fully saturated rings. The second-order valence-electron chi connectivity index (χ2n) is 3.98. The summed E-state index contributed by atoms with van der Waals surface area (Å²) in [5, 5.41) is 15.5. The molecule has 0 saturated heterocycles. The zero-order valence-corrected chi connectivity index (χ0v) is 10.8. The number of nitrogens with one attached hydrogen (secondary N) is 1. The highest BCUT2D eigenvalue weighted by molar-refractivity contribution is 5.80. The van der Waals surface area contributed by atoms with Crippen LogP contribution in [0.1, 0.15) is 18.2 Å². The Hall–Kier alpha value is -2.05. The van der Waals surface area contributed by atoms with E-state index in [0.29, 0.717) is 13.1 Å². The number of carbonyl (C=O) groups is 2. The van der Waals surface area contributed by atoms with Crippen LogP contribution in [0.3, 0.4) is 0 Å². The summed E-state index contributed by atoms with van der Waals surface area (Å²) in [4.78, 5) is 23.5. The molecule has 2 amide bonds. The molecular formula is C11H18N4O3. The Morgan fingerprint density at radius 1 is 1.56 bits per heavy atom. The van der Waals surface area contributed by atoms with Gasteiger partial charge in [-0.05, 0) is 13.8 Å². The van der Waals surface area contributed by atoms with Crippen LogP contribution in [0.4, 0.5) is 4.79 Å². The molecule has 1 rings (SSSR count). The lowest BCUT2D eigenvalue weighted by molar-refractivity contribution is -0.137. The van der Waals surface area contributed by atoms with Gasteiger partial charge >= 0.3 is 12.0 Å². The number of hydrogen-bond acceptors (Lipinski definition) is 3. The normalized spacial score (nSPS) is 10.2. The van der Waals surface area contributed by atoms with Crippen molar-refractivity contribution in [1.29, 1.82) is 0 Å². The first-order valence-electron chi connectivity index (χ1n) is 5.67. The molecule has 0 aromatic carbocycles. The minimum absolute atomic E-state index is 0.297. The van der Waals surface area contributed by atoms with Gasteiger partial charge in [0.25, 0.3) is 0 Å². The Balaban J connectivity index is 2.54. The number of aryl methyl sites for hydroxylation is 2. The largest absolute Gasteiger partial charge is 0.480 e. The monoisotopic (exact) mass is 254 g/mol. The van der Waals surface area contributed by atoms with Gasteiger partial charge in [-0.25, -0.2) is 4.79 Å². The standard InChI is InChI=1S/C11H18N4O3/c1-4-15(7-10(16)17)11(18)12-5-9-6-14(3)13-8(9)2/h6H,4-5,7H2,1-3H3,(H,12,18)(H,16,17). The smallest absolute Gasteiger partial charge is 0.323 e. The average molecular weight is 254 g/mol. The summed E-state index contributed by atoms with van der Waals surface area (Å²) < 4.78 is 1.67. The van der Waals surface area contributed by atoms with E-state index in [0.717, 1.165) is 11.3 Å². The van der Waals surface area contributed by atoms with Gasteiger partial charge in [0.05, 0.1) is 5.69 Å². The van der Waals surface area contributed by atoms with Gasteiger partial charge in [-0.2, -0.15) is 5.10 Å². The Morgan fingerprint density at radius 2 is 2.22 bits per heavy atom. The number of rotatable bonds is 5. The first-order valence-corrected chi connectivity index (χ1v) is 5.67. The third-order valence-corrected chi connectivity index (χ3v) is 2.54. The molecule has 0 atom stereocenters. The fraction of sp³-hybridized carbons (Fsp3) is 0.545. The lowest BCUT2D eigenvalue weighted by Gasteiger charge is -2.18. The number of carboxylic acid groups (broad SMARTS) is 1. The summed E-state index contributed by atoms with van der Waals surface area (Å²) in [6, 6.07) is -0.386. The summed E-state index contributed by atoms with van der Waals surface area (Å²) in [6.45, 7) is 3.99. The summed E-state index contributed by atoms with van der Waals surface area (Å²) in [5.74, 6) is -1.02. The number of aliphatic carboxylic acids is 1. The maximum absolute atomic E-state index is 11.7. The molecule has 0 aliphatic carbocycles. The molecule has 1 aromatic rings. The molecule has 1 heterocycles. The number of carboxylic acids is 1. The fourth-order valence-corrected chi connectivity index (χ4v) is 1.60. The van der Waals surface area contributed by atoms with Crippen LogP contribution >= 0.6 is 0 Å². The van der Waals surface area contributed by atoms with Crippen LogP contribution in [-0.2, 0) is 18.4 Å². The van der Waals surface area contributed by atoms with Crippen LogP contribution in [-0.4, -0.2) is 44.9 Å². The number of likely N-dealkylation sites (N-methyl/N-ethyl adjacent to an activating group) is 1. The first kappa shape index (κ1) is 14.0. The van der Waals surface area contributed by atoms with E-state index in [1.165, 1.54) is 4.90 Å². The zero-order chi connectivity index (χ0) is 13.7. The number of amides is 2. The highest BCUT2D eigenvalue weighted by Gasteiger charge is 2.14. The van der Waals surface area contributed by atoms with E-state index < -0.39 is 5.97 Å². The molecule has 7 heteroatoms. The number of aromatic nitrogens is 2. The molecule has 0 spiro atoms. The molecule has 2 N–H and O–H groups in total. The lowest BCUT2D eigenvalue weighted by Crippen LogP contribution is -2.42. The van der Waals surface area contributed by atoms with Crippen molar-refractivity contribution >= 4 is 12.0 Å². The molecule has 0 aliphatic rings. The maximum atomic E-state index is 11.7. The Bertz CT molecular complexity index is 441.